The number of thioether (sulfide) groups is 1. The van der Waals surface area contributed by atoms with Gasteiger partial charge in [0.25, 0.3) is 5.91 Å². The highest BCUT2D eigenvalue weighted by Gasteiger charge is 2.24. The SMILES string of the molecule is CCOC(=O)COc1c(I)cc(/C=C2/SC(=Nc3ccc(F)cc3)NC2=O)cc1OCC. The molecule has 7 nitrogen and oxygen atoms in total. The van der Waals surface area contributed by atoms with Crippen molar-refractivity contribution in [2.75, 3.05) is 19.8 Å². The van der Waals surface area contributed by atoms with Crippen molar-refractivity contribution in [2.24, 2.45) is 4.99 Å². The van der Waals surface area contributed by atoms with Crippen LogP contribution in [0.2, 0.25) is 0 Å². The number of halogens is 2. The highest BCUT2D eigenvalue weighted by molar-refractivity contribution is 14.1. The van der Waals surface area contributed by atoms with E-state index in [0.29, 0.717) is 37.4 Å². The highest BCUT2D eigenvalue weighted by atomic mass is 127. The molecule has 0 radical (unpaired) electrons. The van der Waals surface area contributed by atoms with E-state index in [4.69, 9.17) is 14.2 Å². The first kappa shape index (κ1) is 24.1. The van der Waals surface area contributed by atoms with Gasteiger partial charge in [0.15, 0.2) is 23.3 Å². The predicted octanol–water partition coefficient (Wildman–Crippen LogP) is 4.66. The lowest BCUT2D eigenvalue weighted by atomic mass is 10.2. The number of amides is 1. The summed E-state index contributed by atoms with van der Waals surface area (Å²) in [7, 11) is 0. The summed E-state index contributed by atoms with van der Waals surface area (Å²) in [6.45, 7) is 4.01. The molecule has 0 saturated carbocycles. The Morgan fingerprint density at radius 1 is 1.19 bits per heavy atom. The normalized spacial score (nSPS) is 15.7. The molecule has 1 aliphatic heterocycles. The zero-order valence-electron chi connectivity index (χ0n) is 17.3. The number of hydrogen-bond donors (Lipinski definition) is 1. The van der Waals surface area contributed by atoms with Gasteiger partial charge >= 0.3 is 5.97 Å². The Hall–Kier alpha value is -2.60. The Kier molecular flexibility index (Phi) is 8.51. The van der Waals surface area contributed by atoms with Crippen LogP contribution < -0.4 is 14.8 Å². The first-order chi connectivity index (χ1) is 15.4. The minimum Gasteiger partial charge on any atom is -0.490 e. The predicted molar refractivity (Wildman–Crippen MR) is 130 cm³/mol. The van der Waals surface area contributed by atoms with Crippen molar-refractivity contribution >= 4 is 63.2 Å². The first-order valence-corrected chi connectivity index (χ1v) is 11.6. The summed E-state index contributed by atoms with van der Waals surface area (Å²) >= 11 is 3.27. The molecule has 0 bridgehead atoms. The van der Waals surface area contributed by atoms with E-state index >= 15 is 0 Å². The van der Waals surface area contributed by atoms with Crippen molar-refractivity contribution in [3.8, 4) is 11.5 Å². The Morgan fingerprint density at radius 3 is 2.62 bits per heavy atom. The van der Waals surface area contributed by atoms with Gasteiger partial charge < -0.3 is 19.5 Å². The van der Waals surface area contributed by atoms with Crippen LogP contribution in [0.25, 0.3) is 6.08 Å². The van der Waals surface area contributed by atoms with Crippen LogP contribution in [0.15, 0.2) is 46.3 Å². The minimum absolute atomic E-state index is 0.230. The van der Waals surface area contributed by atoms with E-state index < -0.39 is 5.97 Å². The lowest BCUT2D eigenvalue weighted by Crippen LogP contribution is -2.19. The molecule has 168 valence electrons. The molecule has 1 aliphatic rings. The molecule has 0 spiro atoms. The number of nitrogens with zero attached hydrogens (tertiary/aromatic N) is 1. The molecule has 1 fully saturated rings. The summed E-state index contributed by atoms with van der Waals surface area (Å²) in [5, 5.41) is 3.11. The van der Waals surface area contributed by atoms with E-state index in [2.05, 4.69) is 32.9 Å². The number of ether oxygens (including phenoxy) is 3. The average Bonchev–Trinajstić information content (AvgIpc) is 3.08. The molecule has 0 aliphatic carbocycles. The van der Waals surface area contributed by atoms with Crippen LogP contribution >= 0.6 is 34.4 Å². The standard InChI is InChI=1S/C22H20FIN2O5S/c1-3-29-17-10-13(9-16(24)20(17)31-12-19(27)30-4-2)11-18-21(28)26-22(32-18)25-15-7-5-14(23)6-8-15/h5-11H,3-4,12H2,1-2H3,(H,25,26,28)/b18-11+. The summed E-state index contributed by atoms with van der Waals surface area (Å²) in [6.07, 6.45) is 1.72. The second-order valence-electron chi connectivity index (χ2n) is 6.31. The van der Waals surface area contributed by atoms with E-state index in [9.17, 15) is 14.0 Å². The van der Waals surface area contributed by atoms with Crippen LogP contribution in [0.4, 0.5) is 10.1 Å². The molecule has 1 saturated heterocycles. The third kappa shape index (κ3) is 6.45. The van der Waals surface area contributed by atoms with E-state index in [1.54, 1.807) is 19.1 Å². The van der Waals surface area contributed by atoms with Crippen LogP contribution in [0.1, 0.15) is 19.4 Å². The zero-order chi connectivity index (χ0) is 23.1. The Balaban J connectivity index is 1.81. The number of carbonyl (C=O) groups is 2. The van der Waals surface area contributed by atoms with Gasteiger partial charge in [0.2, 0.25) is 0 Å². The molecular weight excluding hydrogens is 550 g/mol. The first-order valence-electron chi connectivity index (χ1n) is 9.69. The van der Waals surface area contributed by atoms with Crippen LogP contribution in [-0.2, 0) is 14.3 Å². The summed E-state index contributed by atoms with van der Waals surface area (Å²) in [4.78, 5) is 28.8. The third-order valence-corrected chi connectivity index (χ3v) is 5.69. The maximum atomic E-state index is 13.1. The molecule has 0 aromatic heterocycles. The molecule has 3 rings (SSSR count). The second kappa shape index (κ2) is 11.3. The van der Waals surface area contributed by atoms with Gasteiger partial charge in [-0.3, -0.25) is 4.79 Å². The van der Waals surface area contributed by atoms with E-state index in [1.165, 1.54) is 36.0 Å². The Morgan fingerprint density at radius 2 is 1.94 bits per heavy atom. The number of aliphatic imine (C=N–C) groups is 1. The largest absolute Gasteiger partial charge is 0.490 e. The lowest BCUT2D eigenvalue weighted by molar-refractivity contribution is -0.145. The average molecular weight is 570 g/mol. The fraction of sp³-hybridized carbons (Fsp3) is 0.227. The number of hydrogen-bond acceptors (Lipinski definition) is 7. The number of nitrogens with one attached hydrogen (secondary N) is 1. The maximum absolute atomic E-state index is 13.1. The highest BCUT2D eigenvalue weighted by Crippen LogP contribution is 2.36. The molecule has 32 heavy (non-hydrogen) atoms. The molecule has 1 amide bonds. The molecular formula is C22H20FIN2O5S. The summed E-state index contributed by atoms with van der Waals surface area (Å²) in [6, 6.07) is 9.23. The van der Waals surface area contributed by atoms with Crippen molar-refractivity contribution in [1.29, 1.82) is 0 Å². The van der Waals surface area contributed by atoms with Gasteiger partial charge in [0.1, 0.15) is 5.82 Å². The fourth-order valence-electron chi connectivity index (χ4n) is 2.67. The van der Waals surface area contributed by atoms with Crippen molar-refractivity contribution in [1.82, 2.24) is 5.32 Å². The number of amidine groups is 1. The van der Waals surface area contributed by atoms with Crippen molar-refractivity contribution in [2.45, 2.75) is 13.8 Å². The van der Waals surface area contributed by atoms with Crippen molar-refractivity contribution < 1.29 is 28.2 Å². The van der Waals surface area contributed by atoms with Gasteiger partial charge in [-0.1, -0.05) is 0 Å². The maximum Gasteiger partial charge on any atom is 0.344 e. The quantitative estimate of drug-likeness (QED) is 0.282. The number of benzene rings is 2. The summed E-state index contributed by atoms with van der Waals surface area (Å²) in [5.41, 5.74) is 1.26. The Bertz CT molecular complexity index is 1070. The fourth-order valence-corrected chi connectivity index (χ4v) is 4.30. The van der Waals surface area contributed by atoms with Gasteiger partial charge in [-0.2, -0.15) is 0 Å². The van der Waals surface area contributed by atoms with Crippen LogP contribution in [0.5, 0.6) is 11.5 Å². The molecule has 1 N–H and O–H groups in total. The van der Waals surface area contributed by atoms with Gasteiger partial charge in [-0.05, 0) is 96.2 Å². The lowest BCUT2D eigenvalue weighted by Gasteiger charge is -2.14. The molecule has 0 atom stereocenters. The number of carbonyl (C=O) groups excluding carboxylic acids is 2. The van der Waals surface area contributed by atoms with Gasteiger partial charge in [-0.25, -0.2) is 14.2 Å². The zero-order valence-corrected chi connectivity index (χ0v) is 20.3. The van der Waals surface area contributed by atoms with Crippen molar-refractivity contribution in [3.05, 3.63) is 56.3 Å². The van der Waals surface area contributed by atoms with Gasteiger partial charge in [0, 0.05) is 0 Å². The van der Waals surface area contributed by atoms with E-state index in [-0.39, 0.29) is 24.9 Å². The molecule has 1 heterocycles. The monoisotopic (exact) mass is 570 g/mol. The smallest absolute Gasteiger partial charge is 0.344 e. The number of rotatable bonds is 8. The molecule has 2 aromatic carbocycles. The van der Waals surface area contributed by atoms with E-state index in [1.807, 2.05) is 13.0 Å². The van der Waals surface area contributed by atoms with Crippen molar-refractivity contribution in [3.63, 3.8) is 0 Å². The topological polar surface area (TPSA) is 86.2 Å². The molecule has 2 aromatic rings. The van der Waals surface area contributed by atoms with Gasteiger partial charge in [0.05, 0.1) is 27.4 Å². The molecule has 10 heteroatoms. The van der Waals surface area contributed by atoms with Crippen LogP contribution in [0, 0.1) is 9.39 Å². The second-order valence-corrected chi connectivity index (χ2v) is 8.51. The summed E-state index contributed by atoms with van der Waals surface area (Å²) < 4.78 is 30.0. The third-order valence-electron chi connectivity index (χ3n) is 3.98. The van der Waals surface area contributed by atoms with E-state index in [0.717, 1.165) is 5.56 Å². The summed E-state index contributed by atoms with van der Waals surface area (Å²) in [5.74, 6) is -0.216. The Labute approximate surface area is 202 Å². The van der Waals surface area contributed by atoms with Crippen LogP contribution in [0.3, 0.4) is 0 Å². The van der Waals surface area contributed by atoms with Gasteiger partial charge in [-0.15, -0.1) is 0 Å². The molecule has 0 unspecified atom stereocenters. The van der Waals surface area contributed by atoms with Crippen LogP contribution in [-0.4, -0.2) is 36.9 Å². The minimum atomic E-state index is -0.469. The number of esters is 1.